The molecule has 0 amide bonds. The highest BCUT2D eigenvalue weighted by Crippen LogP contribution is 2.17. The van der Waals surface area contributed by atoms with Crippen LogP contribution in [0, 0.1) is 0 Å². The molecule has 1 atom stereocenters. The van der Waals surface area contributed by atoms with Gasteiger partial charge in [0.25, 0.3) is 10.0 Å². The van der Waals surface area contributed by atoms with Crippen molar-refractivity contribution >= 4 is 10.0 Å². The maximum absolute atomic E-state index is 12.4. The van der Waals surface area contributed by atoms with E-state index in [-0.39, 0.29) is 11.1 Å². The minimum Gasteiger partial charge on any atom is -0.332 e. The number of rotatable bonds is 3. The summed E-state index contributed by atoms with van der Waals surface area (Å²) in [6.07, 6.45) is 2.11. The molecule has 1 fully saturated rings. The molecule has 1 aliphatic rings. The molecule has 0 aromatic carbocycles. The van der Waals surface area contributed by atoms with Crippen LogP contribution < -0.4 is 5.32 Å². The van der Waals surface area contributed by atoms with Crippen molar-refractivity contribution in [3.05, 3.63) is 12.0 Å². The lowest BCUT2D eigenvalue weighted by Gasteiger charge is -2.32. The van der Waals surface area contributed by atoms with Crippen LogP contribution in [0.15, 0.2) is 11.2 Å². The SMILES string of the molecule is CCc1ncc(S(=O)(=O)N2CCNC[C@@H]2C)[nH]1. The second-order valence-electron chi connectivity index (χ2n) is 4.22. The van der Waals surface area contributed by atoms with Crippen LogP contribution in [0.1, 0.15) is 19.7 Å². The van der Waals surface area contributed by atoms with E-state index in [4.69, 9.17) is 0 Å². The van der Waals surface area contributed by atoms with Gasteiger partial charge in [0.05, 0.1) is 6.20 Å². The third-order valence-electron chi connectivity index (χ3n) is 2.97. The van der Waals surface area contributed by atoms with Crippen LogP contribution in [0.3, 0.4) is 0 Å². The Bertz CT molecular complexity index is 482. The molecule has 1 saturated heterocycles. The van der Waals surface area contributed by atoms with Crippen molar-refractivity contribution in [1.29, 1.82) is 0 Å². The average Bonchev–Trinajstić information content (AvgIpc) is 2.78. The number of hydrogen-bond acceptors (Lipinski definition) is 4. The molecule has 0 spiro atoms. The lowest BCUT2D eigenvalue weighted by Crippen LogP contribution is -2.52. The van der Waals surface area contributed by atoms with Gasteiger partial charge in [-0.1, -0.05) is 6.92 Å². The molecule has 0 saturated carbocycles. The second-order valence-corrected chi connectivity index (χ2v) is 6.08. The Balaban J connectivity index is 2.28. The van der Waals surface area contributed by atoms with Gasteiger partial charge in [-0.3, -0.25) is 0 Å². The summed E-state index contributed by atoms with van der Waals surface area (Å²) in [7, 11) is -3.43. The Morgan fingerprint density at radius 1 is 1.59 bits per heavy atom. The minimum absolute atomic E-state index is 0.0258. The molecule has 0 unspecified atom stereocenters. The molecule has 2 heterocycles. The van der Waals surface area contributed by atoms with Crippen LogP contribution in [0.5, 0.6) is 0 Å². The van der Waals surface area contributed by atoms with Crippen molar-refractivity contribution < 1.29 is 8.42 Å². The Labute approximate surface area is 101 Å². The lowest BCUT2D eigenvalue weighted by molar-refractivity contribution is 0.283. The number of hydrogen-bond donors (Lipinski definition) is 2. The minimum atomic E-state index is -3.43. The van der Waals surface area contributed by atoms with E-state index in [0.29, 0.717) is 31.9 Å². The summed E-state index contributed by atoms with van der Waals surface area (Å²) in [6, 6.07) is -0.0258. The summed E-state index contributed by atoms with van der Waals surface area (Å²) < 4.78 is 26.2. The van der Waals surface area contributed by atoms with Gasteiger partial charge in [-0.2, -0.15) is 4.31 Å². The van der Waals surface area contributed by atoms with Gasteiger partial charge in [0, 0.05) is 32.1 Å². The smallest absolute Gasteiger partial charge is 0.260 e. The molecule has 2 N–H and O–H groups in total. The van der Waals surface area contributed by atoms with Gasteiger partial charge < -0.3 is 10.3 Å². The first-order chi connectivity index (χ1) is 8.05. The Hall–Kier alpha value is -0.920. The van der Waals surface area contributed by atoms with Crippen molar-refractivity contribution in [2.75, 3.05) is 19.6 Å². The molecule has 17 heavy (non-hydrogen) atoms. The molecule has 0 radical (unpaired) electrons. The van der Waals surface area contributed by atoms with Crippen LogP contribution in [-0.4, -0.2) is 48.4 Å². The zero-order valence-electron chi connectivity index (χ0n) is 10.1. The number of piperazine rings is 1. The predicted molar refractivity (Wildman–Crippen MR) is 64.2 cm³/mol. The van der Waals surface area contributed by atoms with Crippen molar-refractivity contribution in [2.45, 2.75) is 31.3 Å². The van der Waals surface area contributed by atoms with Gasteiger partial charge in [-0.25, -0.2) is 13.4 Å². The van der Waals surface area contributed by atoms with Gasteiger partial charge in [0.15, 0.2) is 5.03 Å². The average molecular weight is 258 g/mol. The number of aromatic amines is 1. The quantitative estimate of drug-likeness (QED) is 0.797. The summed E-state index contributed by atoms with van der Waals surface area (Å²) in [5, 5.41) is 3.37. The first-order valence-corrected chi connectivity index (χ1v) is 7.26. The summed E-state index contributed by atoms with van der Waals surface area (Å²) in [4.78, 5) is 6.90. The number of imidazole rings is 1. The van der Waals surface area contributed by atoms with E-state index in [1.54, 1.807) is 0 Å². The van der Waals surface area contributed by atoms with Gasteiger partial charge in [0.1, 0.15) is 5.82 Å². The standard InChI is InChI=1S/C10H18N4O2S/c1-3-9-12-7-10(13-9)17(15,16)14-5-4-11-6-8(14)2/h7-8,11H,3-6H2,1-2H3,(H,12,13)/t8-/m0/s1. The molecule has 96 valence electrons. The van der Waals surface area contributed by atoms with Crippen LogP contribution in [0.25, 0.3) is 0 Å². The molecule has 1 aromatic heterocycles. The van der Waals surface area contributed by atoms with Gasteiger partial charge in [-0.05, 0) is 6.92 Å². The van der Waals surface area contributed by atoms with Gasteiger partial charge in [0.2, 0.25) is 0 Å². The van der Waals surface area contributed by atoms with Crippen LogP contribution in [-0.2, 0) is 16.4 Å². The molecule has 1 aromatic rings. The van der Waals surface area contributed by atoms with E-state index in [0.717, 1.165) is 0 Å². The van der Waals surface area contributed by atoms with Crippen LogP contribution in [0.4, 0.5) is 0 Å². The Morgan fingerprint density at radius 3 is 2.94 bits per heavy atom. The Kier molecular flexibility index (Phi) is 3.50. The highest BCUT2D eigenvalue weighted by atomic mass is 32.2. The molecule has 7 heteroatoms. The molecule has 0 aliphatic carbocycles. The van der Waals surface area contributed by atoms with E-state index in [9.17, 15) is 8.42 Å². The normalized spacial score (nSPS) is 22.8. The molecular formula is C10H18N4O2S. The van der Waals surface area contributed by atoms with Crippen molar-refractivity contribution in [3.63, 3.8) is 0 Å². The number of nitrogens with one attached hydrogen (secondary N) is 2. The van der Waals surface area contributed by atoms with Crippen molar-refractivity contribution in [1.82, 2.24) is 19.6 Å². The fraction of sp³-hybridized carbons (Fsp3) is 0.700. The monoisotopic (exact) mass is 258 g/mol. The van der Waals surface area contributed by atoms with E-state index in [1.807, 2.05) is 13.8 Å². The lowest BCUT2D eigenvalue weighted by atomic mass is 10.3. The Morgan fingerprint density at radius 2 is 2.35 bits per heavy atom. The first-order valence-electron chi connectivity index (χ1n) is 5.82. The molecule has 2 rings (SSSR count). The maximum atomic E-state index is 12.4. The summed E-state index contributed by atoms with van der Waals surface area (Å²) in [5.74, 6) is 0.700. The van der Waals surface area contributed by atoms with Crippen LogP contribution in [0.2, 0.25) is 0 Å². The maximum Gasteiger partial charge on any atom is 0.260 e. The highest BCUT2D eigenvalue weighted by molar-refractivity contribution is 7.89. The number of aryl methyl sites for hydroxylation is 1. The number of nitrogens with zero attached hydrogens (tertiary/aromatic N) is 2. The van der Waals surface area contributed by atoms with E-state index in [1.165, 1.54) is 10.5 Å². The van der Waals surface area contributed by atoms with Crippen molar-refractivity contribution in [2.24, 2.45) is 0 Å². The van der Waals surface area contributed by atoms with Crippen molar-refractivity contribution in [3.8, 4) is 0 Å². The van der Waals surface area contributed by atoms with Crippen LogP contribution >= 0.6 is 0 Å². The zero-order chi connectivity index (χ0) is 12.5. The molecular weight excluding hydrogens is 240 g/mol. The highest BCUT2D eigenvalue weighted by Gasteiger charge is 2.32. The molecule has 0 bridgehead atoms. The number of aromatic nitrogens is 2. The topological polar surface area (TPSA) is 78.1 Å². The second kappa shape index (κ2) is 4.75. The fourth-order valence-electron chi connectivity index (χ4n) is 1.96. The summed E-state index contributed by atoms with van der Waals surface area (Å²) in [5.41, 5.74) is 0. The molecule has 1 aliphatic heterocycles. The first kappa shape index (κ1) is 12.5. The predicted octanol–water partition coefficient (Wildman–Crippen LogP) is -0.0455. The largest absolute Gasteiger partial charge is 0.332 e. The van der Waals surface area contributed by atoms with E-state index >= 15 is 0 Å². The summed E-state index contributed by atoms with van der Waals surface area (Å²) >= 11 is 0. The number of H-pyrrole nitrogens is 1. The van der Waals surface area contributed by atoms with Gasteiger partial charge in [-0.15, -0.1) is 0 Å². The zero-order valence-corrected chi connectivity index (χ0v) is 10.9. The third-order valence-corrected chi connectivity index (χ3v) is 4.89. The molecule has 6 nitrogen and oxygen atoms in total. The van der Waals surface area contributed by atoms with Gasteiger partial charge >= 0.3 is 0 Å². The third kappa shape index (κ3) is 2.36. The fourth-order valence-corrected chi connectivity index (χ4v) is 3.53. The number of sulfonamides is 1. The van der Waals surface area contributed by atoms with E-state index in [2.05, 4.69) is 15.3 Å². The van der Waals surface area contributed by atoms with E-state index < -0.39 is 10.0 Å². The summed E-state index contributed by atoms with van der Waals surface area (Å²) in [6.45, 7) is 5.72.